The van der Waals surface area contributed by atoms with Crippen molar-refractivity contribution in [3.8, 4) is 5.88 Å². The van der Waals surface area contributed by atoms with Crippen LogP contribution in [-0.4, -0.2) is 50.2 Å². The minimum Gasteiger partial charge on any atom is -0.471 e. The predicted molar refractivity (Wildman–Crippen MR) is 73.6 cm³/mol. The Balaban J connectivity index is 1.64. The van der Waals surface area contributed by atoms with E-state index in [9.17, 15) is 4.79 Å². The average Bonchev–Trinajstić information content (AvgIpc) is 2.56. The maximum Gasteiger partial charge on any atom is 0.291 e. The Hall–Kier alpha value is -2.57. The molecular weight excluding hydrogens is 270 g/mol. The molecule has 0 N–H and O–H groups in total. The van der Waals surface area contributed by atoms with Crippen LogP contribution in [-0.2, 0) is 0 Å². The van der Waals surface area contributed by atoms with Crippen LogP contribution in [0.2, 0.25) is 0 Å². The first-order chi connectivity index (χ1) is 10.3. The lowest BCUT2D eigenvalue weighted by atomic mass is 10.1. The highest BCUT2D eigenvalue weighted by atomic mass is 16.5. The Bertz CT molecular complexity index is 593. The van der Waals surface area contributed by atoms with E-state index in [0.29, 0.717) is 19.0 Å². The molecular formula is C14H15N5O2. The summed E-state index contributed by atoms with van der Waals surface area (Å²) in [5.41, 5.74) is 0. The van der Waals surface area contributed by atoms with Crippen LogP contribution in [0.4, 0.5) is 0 Å². The van der Waals surface area contributed by atoms with E-state index >= 15 is 0 Å². The molecule has 1 aliphatic rings. The van der Waals surface area contributed by atoms with E-state index in [2.05, 4.69) is 20.2 Å². The number of likely N-dealkylation sites (tertiary alicyclic amines) is 1. The van der Waals surface area contributed by atoms with Crippen molar-refractivity contribution in [1.29, 1.82) is 0 Å². The van der Waals surface area contributed by atoms with Gasteiger partial charge in [0.15, 0.2) is 0 Å². The minimum atomic E-state index is -0.164. The second-order valence-electron chi connectivity index (χ2n) is 4.77. The standard InChI is InChI=1S/C14H15N5O2/c20-14(13-15-6-3-7-16-13)19-9-2-4-11(10-19)21-12-5-1-8-17-18-12/h1,3,5-8,11H,2,4,9-10H2. The van der Waals surface area contributed by atoms with Gasteiger partial charge < -0.3 is 9.64 Å². The molecule has 0 spiro atoms. The van der Waals surface area contributed by atoms with E-state index in [1.54, 1.807) is 41.7 Å². The number of carbonyl (C=O) groups excluding carboxylic acids is 1. The molecule has 1 aliphatic heterocycles. The molecule has 7 heteroatoms. The summed E-state index contributed by atoms with van der Waals surface area (Å²) >= 11 is 0. The molecule has 1 fully saturated rings. The fourth-order valence-corrected chi connectivity index (χ4v) is 2.29. The normalized spacial score (nSPS) is 18.3. The predicted octanol–water partition coefficient (Wildman–Crippen LogP) is 0.950. The van der Waals surface area contributed by atoms with Gasteiger partial charge in [-0.15, -0.1) is 5.10 Å². The van der Waals surface area contributed by atoms with Gasteiger partial charge in [0.1, 0.15) is 6.10 Å². The van der Waals surface area contributed by atoms with Crippen LogP contribution in [0.3, 0.4) is 0 Å². The lowest BCUT2D eigenvalue weighted by Gasteiger charge is -2.32. The van der Waals surface area contributed by atoms with E-state index in [0.717, 1.165) is 12.8 Å². The average molecular weight is 285 g/mol. The monoisotopic (exact) mass is 285 g/mol. The first-order valence-electron chi connectivity index (χ1n) is 6.83. The van der Waals surface area contributed by atoms with E-state index in [1.165, 1.54) is 0 Å². The number of piperidine rings is 1. The summed E-state index contributed by atoms with van der Waals surface area (Å²) in [6, 6.07) is 5.22. The summed E-state index contributed by atoms with van der Waals surface area (Å²) in [7, 11) is 0. The Morgan fingerprint density at radius 2 is 2.10 bits per heavy atom. The van der Waals surface area contributed by atoms with E-state index < -0.39 is 0 Å². The number of hydrogen-bond donors (Lipinski definition) is 0. The number of aromatic nitrogens is 4. The zero-order valence-electron chi connectivity index (χ0n) is 11.4. The van der Waals surface area contributed by atoms with Gasteiger partial charge in [-0.05, 0) is 25.0 Å². The third-order valence-electron chi connectivity index (χ3n) is 3.26. The van der Waals surface area contributed by atoms with Gasteiger partial charge in [0.2, 0.25) is 11.7 Å². The molecule has 2 aromatic heterocycles. The van der Waals surface area contributed by atoms with Gasteiger partial charge in [-0.3, -0.25) is 4.79 Å². The first-order valence-corrected chi connectivity index (χ1v) is 6.83. The topological polar surface area (TPSA) is 81.1 Å². The second kappa shape index (κ2) is 6.25. The van der Waals surface area contributed by atoms with Crippen LogP contribution in [0.15, 0.2) is 36.8 Å². The number of carbonyl (C=O) groups is 1. The van der Waals surface area contributed by atoms with E-state index in [-0.39, 0.29) is 17.8 Å². The SMILES string of the molecule is O=C(c1ncccn1)N1CCCC(Oc2cccnn2)C1. The van der Waals surface area contributed by atoms with Crippen LogP contribution in [0.1, 0.15) is 23.5 Å². The molecule has 1 amide bonds. The Morgan fingerprint density at radius 3 is 2.86 bits per heavy atom. The van der Waals surface area contributed by atoms with Crippen LogP contribution >= 0.6 is 0 Å². The maximum absolute atomic E-state index is 12.3. The first kappa shape index (κ1) is 13.4. The van der Waals surface area contributed by atoms with Gasteiger partial charge in [0.05, 0.1) is 6.54 Å². The Morgan fingerprint density at radius 1 is 1.24 bits per heavy atom. The fraction of sp³-hybridized carbons (Fsp3) is 0.357. The second-order valence-corrected chi connectivity index (χ2v) is 4.77. The zero-order chi connectivity index (χ0) is 14.5. The van der Waals surface area contributed by atoms with Crippen molar-refractivity contribution in [1.82, 2.24) is 25.1 Å². The fourth-order valence-electron chi connectivity index (χ4n) is 2.29. The van der Waals surface area contributed by atoms with E-state index in [1.807, 2.05) is 0 Å². The molecule has 0 bridgehead atoms. The number of amides is 1. The summed E-state index contributed by atoms with van der Waals surface area (Å²) in [6.07, 6.45) is 6.41. The minimum absolute atomic E-state index is 0.0805. The number of hydrogen-bond acceptors (Lipinski definition) is 6. The molecule has 2 aromatic rings. The third-order valence-corrected chi connectivity index (χ3v) is 3.26. The number of rotatable bonds is 3. The summed E-state index contributed by atoms with van der Waals surface area (Å²) in [4.78, 5) is 22.0. The Kier molecular flexibility index (Phi) is 3.99. The van der Waals surface area contributed by atoms with Crippen molar-refractivity contribution in [3.05, 3.63) is 42.6 Å². The zero-order valence-corrected chi connectivity index (χ0v) is 11.4. The van der Waals surface area contributed by atoms with Crippen LogP contribution in [0, 0.1) is 0 Å². The van der Waals surface area contributed by atoms with Gasteiger partial charge in [0.25, 0.3) is 5.91 Å². The molecule has 0 saturated carbocycles. The largest absolute Gasteiger partial charge is 0.471 e. The van der Waals surface area contributed by atoms with Crippen molar-refractivity contribution in [2.45, 2.75) is 18.9 Å². The van der Waals surface area contributed by atoms with Crippen LogP contribution < -0.4 is 4.74 Å². The van der Waals surface area contributed by atoms with Crippen molar-refractivity contribution in [2.24, 2.45) is 0 Å². The highest BCUT2D eigenvalue weighted by Crippen LogP contribution is 2.17. The quantitative estimate of drug-likeness (QED) is 0.835. The lowest BCUT2D eigenvalue weighted by Crippen LogP contribution is -2.45. The summed E-state index contributed by atoms with van der Waals surface area (Å²) in [5, 5.41) is 7.68. The maximum atomic E-state index is 12.3. The summed E-state index contributed by atoms with van der Waals surface area (Å²) < 4.78 is 5.76. The van der Waals surface area contributed by atoms with Crippen molar-refractivity contribution in [3.63, 3.8) is 0 Å². The van der Waals surface area contributed by atoms with Crippen LogP contribution in [0.25, 0.3) is 0 Å². The molecule has 0 aliphatic carbocycles. The van der Waals surface area contributed by atoms with Gasteiger partial charge >= 0.3 is 0 Å². The van der Waals surface area contributed by atoms with Crippen molar-refractivity contribution in [2.75, 3.05) is 13.1 Å². The van der Waals surface area contributed by atoms with Crippen molar-refractivity contribution < 1.29 is 9.53 Å². The van der Waals surface area contributed by atoms with Crippen molar-refractivity contribution >= 4 is 5.91 Å². The molecule has 7 nitrogen and oxygen atoms in total. The lowest BCUT2D eigenvalue weighted by molar-refractivity contribution is 0.0515. The van der Waals surface area contributed by atoms with Crippen LogP contribution in [0.5, 0.6) is 5.88 Å². The molecule has 0 radical (unpaired) electrons. The molecule has 21 heavy (non-hydrogen) atoms. The van der Waals surface area contributed by atoms with Gasteiger partial charge in [-0.1, -0.05) is 0 Å². The highest BCUT2D eigenvalue weighted by Gasteiger charge is 2.27. The molecule has 1 unspecified atom stereocenters. The molecule has 0 aromatic carbocycles. The molecule has 3 heterocycles. The smallest absolute Gasteiger partial charge is 0.291 e. The van der Waals surface area contributed by atoms with Gasteiger partial charge in [0, 0.05) is 31.2 Å². The molecule has 1 atom stereocenters. The number of ether oxygens (including phenoxy) is 1. The molecule has 108 valence electrons. The highest BCUT2D eigenvalue weighted by molar-refractivity contribution is 5.90. The molecule has 3 rings (SSSR count). The summed E-state index contributed by atoms with van der Waals surface area (Å²) in [6.45, 7) is 1.20. The summed E-state index contributed by atoms with van der Waals surface area (Å²) in [5.74, 6) is 0.536. The van der Waals surface area contributed by atoms with E-state index in [4.69, 9.17) is 4.74 Å². The van der Waals surface area contributed by atoms with Gasteiger partial charge in [-0.25, -0.2) is 9.97 Å². The number of nitrogens with zero attached hydrogens (tertiary/aromatic N) is 5. The Labute approximate surface area is 122 Å². The third kappa shape index (κ3) is 3.31. The molecule has 1 saturated heterocycles. The van der Waals surface area contributed by atoms with Gasteiger partial charge in [-0.2, -0.15) is 5.10 Å².